The number of hydrogen-bond donors (Lipinski definition) is 2. The van der Waals surface area contributed by atoms with Crippen LogP contribution in [0.1, 0.15) is 162 Å². The van der Waals surface area contributed by atoms with Crippen LogP contribution >= 0.6 is 7.82 Å². The molecule has 0 bridgehead atoms. The number of carbonyl (C=O) groups is 2. The molecule has 11 heteroatoms. The summed E-state index contributed by atoms with van der Waals surface area (Å²) in [6.45, 7) is 4.16. The van der Waals surface area contributed by atoms with Gasteiger partial charge in [-0.15, -0.1) is 0 Å². The molecule has 0 amide bonds. The Labute approximate surface area is 348 Å². The molecule has 1 unspecified atom stereocenters. The van der Waals surface area contributed by atoms with Gasteiger partial charge in [-0.05, 0) is 70.6 Å². The first-order valence-corrected chi connectivity index (χ1v) is 23.6. The summed E-state index contributed by atoms with van der Waals surface area (Å²) in [5.74, 6) is -0.896. The van der Waals surface area contributed by atoms with Crippen LogP contribution in [0.25, 0.3) is 0 Å². The Morgan fingerprint density at radius 2 is 1.12 bits per heavy atom. The SMILES string of the molecule is CCCCCC/C=C\CCCCCCCCCC(=O)O[C@H](COC(=O)CCC/C=C\C/C=C\C/C=C\C/C=C\[C@@H](O)CCCC)COP(=O)(O)OCC[N+](C)(C)C. The number of carbonyl (C=O) groups excluding carboxylic acids is 2. The van der Waals surface area contributed by atoms with Crippen molar-refractivity contribution in [3.8, 4) is 0 Å². The van der Waals surface area contributed by atoms with Crippen LogP contribution in [-0.4, -0.2) is 86.1 Å². The Bertz CT molecular complexity index is 1170. The van der Waals surface area contributed by atoms with E-state index in [0.29, 0.717) is 23.9 Å². The highest BCUT2D eigenvalue weighted by Gasteiger charge is 2.27. The summed E-state index contributed by atoms with van der Waals surface area (Å²) in [7, 11) is 1.41. The lowest BCUT2D eigenvalue weighted by atomic mass is 10.1. The summed E-state index contributed by atoms with van der Waals surface area (Å²) >= 11 is 0. The number of unbranched alkanes of at least 4 members (excludes halogenated alkanes) is 13. The average Bonchev–Trinajstić information content (AvgIpc) is 3.16. The number of esters is 2. The molecule has 0 aromatic carbocycles. The highest BCUT2D eigenvalue weighted by molar-refractivity contribution is 7.47. The number of rotatable bonds is 39. The monoisotopic (exact) mass is 825 g/mol. The Hall–Kier alpha value is -2.33. The van der Waals surface area contributed by atoms with E-state index in [1.54, 1.807) is 0 Å². The zero-order chi connectivity index (χ0) is 42.3. The second-order valence-electron chi connectivity index (χ2n) is 15.9. The van der Waals surface area contributed by atoms with E-state index in [-0.39, 0.29) is 32.2 Å². The Kier molecular flexibility index (Phi) is 36.4. The molecule has 330 valence electrons. The molecule has 0 aliphatic rings. The standard InChI is InChI=1S/C46H82NO9P/c1-6-8-10-11-12-13-14-15-16-17-22-25-28-31-34-38-46(50)56-44(42-55-57(51,52)54-40-39-47(3,4)5)41-53-45(49)37-33-30-27-24-21-19-18-20-23-26-29-32-36-43(48)35-9-7-2/h13-14,18-19,23-24,26-27,32,36,43-44,48H,6-12,15-17,20-22,25,28-31,33-35,37-42H2,1-5H3/p+1/b14-13-,19-18-,26-23-,27-24-,36-32-/t43-,44+/m0/s1. The third-order valence-electron chi connectivity index (χ3n) is 9.09. The maximum atomic E-state index is 12.7. The van der Waals surface area contributed by atoms with E-state index in [2.05, 4.69) is 56.4 Å². The van der Waals surface area contributed by atoms with Crippen molar-refractivity contribution in [3.05, 3.63) is 60.8 Å². The van der Waals surface area contributed by atoms with E-state index in [1.165, 1.54) is 51.4 Å². The van der Waals surface area contributed by atoms with Gasteiger partial charge in [-0.1, -0.05) is 139 Å². The number of phosphoric ester groups is 1. The maximum Gasteiger partial charge on any atom is 0.472 e. The minimum atomic E-state index is -4.40. The largest absolute Gasteiger partial charge is 0.472 e. The van der Waals surface area contributed by atoms with Gasteiger partial charge in [-0.3, -0.25) is 18.6 Å². The summed E-state index contributed by atoms with van der Waals surface area (Å²) in [6.07, 6.45) is 41.8. The zero-order valence-electron chi connectivity index (χ0n) is 36.7. The molecule has 0 saturated heterocycles. The van der Waals surface area contributed by atoms with Crippen molar-refractivity contribution in [1.82, 2.24) is 0 Å². The minimum Gasteiger partial charge on any atom is -0.462 e. The molecule has 0 aliphatic carbocycles. The molecule has 0 heterocycles. The molecular formula is C46H83NO9P+. The number of ether oxygens (including phenoxy) is 2. The number of hydrogen-bond acceptors (Lipinski definition) is 8. The molecule has 10 nitrogen and oxygen atoms in total. The van der Waals surface area contributed by atoms with Crippen LogP contribution in [0, 0.1) is 0 Å². The van der Waals surface area contributed by atoms with Gasteiger partial charge < -0.3 is 24.0 Å². The van der Waals surface area contributed by atoms with Crippen molar-refractivity contribution in [2.45, 2.75) is 174 Å². The van der Waals surface area contributed by atoms with Crippen molar-refractivity contribution in [2.24, 2.45) is 0 Å². The summed E-state index contributed by atoms with van der Waals surface area (Å²) in [4.78, 5) is 35.3. The number of nitrogens with zero attached hydrogens (tertiary/aromatic N) is 1. The summed E-state index contributed by atoms with van der Waals surface area (Å²) < 4.78 is 34.2. The van der Waals surface area contributed by atoms with Crippen LogP contribution in [0.2, 0.25) is 0 Å². The van der Waals surface area contributed by atoms with Crippen molar-refractivity contribution in [1.29, 1.82) is 0 Å². The second kappa shape index (κ2) is 37.9. The molecule has 2 N–H and O–H groups in total. The molecule has 57 heavy (non-hydrogen) atoms. The molecule has 0 spiro atoms. The van der Waals surface area contributed by atoms with Crippen LogP contribution in [0.3, 0.4) is 0 Å². The third kappa shape index (κ3) is 41.6. The highest BCUT2D eigenvalue weighted by atomic mass is 31.2. The predicted octanol–water partition coefficient (Wildman–Crippen LogP) is 11.4. The van der Waals surface area contributed by atoms with Crippen LogP contribution in [-0.2, 0) is 32.7 Å². The Morgan fingerprint density at radius 3 is 1.74 bits per heavy atom. The molecule has 0 rings (SSSR count). The fourth-order valence-corrected chi connectivity index (χ4v) is 6.29. The Balaban J connectivity index is 4.49. The fraction of sp³-hybridized carbons (Fsp3) is 0.739. The minimum absolute atomic E-state index is 0.0133. The molecule has 0 aromatic rings. The van der Waals surface area contributed by atoms with Gasteiger partial charge in [0.05, 0.1) is 33.9 Å². The van der Waals surface area contributed by atoms with Gasteiger partial charge in [0.25, 0.3) is 0 Å². The van der Waals surface area contributed by atoms with Crippen molar-refractivity contribution in [2.75, 3.05) is 47.5 Å². The summed E-state index contributed by atoms with van der Waals surface area (Å²) in [6, 6.07) is 0. The van der Waals surface area contributed by atoms with Gasteiger partial charge in [0.1, 0.15) is 19.8 Å². The van der Waals surface area contributed by atoms with Crippen molar-refractivity contribution in [3.63, 3.8) is 0 Å². The van der Waals surface area contributed by atoms with Gasteiger partial charge in [0.15, 0.2) is 6.10 Å². The van der Waals surface area contributed by atoms with E-state index >= 15 is 0 Å². The number of aliphatic hydroxyl groups excluding tert-OH is 1. The molecule has 0 radical (unpaired) electrons. The lowest BCUT2D eigenvalue weighted by molar-refractivity contribution is -0.870. The molecule has 3 atom stereocenters. The molecule has 0 aromatic heterocycles. The van der Waals surface area contributed by atoms with Gasteiger partial charge in [-0.25, -0.2) is 4.57 Å². The van der Waals surface area contributed by atoms with Gasteiger partial charge in [0.2, 0.25) is 0 Å². The van der Waals surface area contributed by atoms with E-state index in [0.717, 1.165) is 70.6 Å². The summed E-state index contributed by atoms with van der Waals surface area (Å²) in [5, 5.41) is 9.82. The van der Waals surface area contributed by atoms with Crippen LogP contribution in [0.4, 0.5) is 0 Å². The van der Waals surface area contributed by atoms with E-state index in [1.807, 2.05) is 39.4 Å². The van der Waals surface area contributed by atoms with E-state index in [9.17, 15) is 24.2 Å². The fourth-order valence-electron chi connectivity index (χ4n) is 5.55. The topological polar surface area (TPSA) is 129 Å². The first-order valence-electron chi connectivity index (χ1n) is 22.1. The molecule has 0 aliphatic heterocycles. The normalized spacial score (nSPS) is 14.7. The highest BCUT2D eigenvalue weighted by Crippen LogP contribution is 2.43. The van der Waals surface area contributed by atoms with Crippen LogP contribution in [0.5, 0.6) is 0 Å². The van der Waals surface area contributed by atoms with Crippen LogP contribution < -0.4 is 0 Å². The van der Waals surface area contributed by atoms with Gasteiger partial charge in [-0.2, -0.15) is 0 Å². The first-order chi connectivity index (χ1) is 27.4. The van der Waals surface area contributed by atoms with Gasteiger partial charge >= 0.3 is 19.8 Å². The summed E-state index contributed by atoms with van der Waals surface area (Å²) in [5.41, 5.74) is 0. The van der Waals surface area contributed by atoms with E-state index in [4.69, 9.17) is 18.5 Å². The number of likely N-dealkylation sites (N-methyl/N-ethyl adjacent to an activating group) is 1. The smallest absolute Gasteiger partial charge is 0.462 e. The maximum absolute atomic E-state index is 12.7. The van der Waals surface area contributed by atoms with Gasteiger partial charge in [0, 0.05) is 12.8 Å². The third-order valence-corrected chi connectivity index (χ3v) is 10.1. The lowest BCUT2D eigenvalue weighted by Crippen LogP contribution is -2.37. The quantitative estimate of drug-likeness (QED) is 0.0205. The van der Waals surface area contributed by atoms with Crippen molar-refractivity contribution >= 4 is 19.8 Å². The second-order valence-corrected chi connectivity index (χ2v) is 17.3. The number of quaternary nitrogens is 1. The molecule has 0 saturated carbocycles. The molecule has 0 fully saturated rings. The zero-order valence-corrected chi connectivity index (χ0v) is 37.6. The average molecular weight is 825 g/mol. The number of aliphatic hydroxyl groups is 1. The van der Waals surface area contributed by atoms with Crippen molar-refractivity contribution < 1.29 is 47.2 Å². The lowest BCUT2D eigenvalue weighted by Gasteiger charge is -2.24. The van der Waals surface area contributed by atoms with Crippen LogP contribution in [0.15, 0.2) is 60.8 Å². The first kappa shape index (κ1) is 54.7. The number of allylic oxidation sites excluding steroid dienone is 9. The van der Waals surface area contributed by atoms with E-state index < -0.39 is 32.5 Å². The Morgan fingerprint density at radius 1 is 0.614 bits per heavy atom. The molecular weight excluding hydrogens is 741 g/mol. The number of phosphoric acid groups is 1. The predicted molar refractivity (Wildman–Crippen MR) is 235 cm³/mol.